The van der Waals surface area contributed by atoms with Crippen LogP contribution in [0.1, 0.15) is 18.4 Å². The van der Waals surface area contributed by atoms with Crippen LogP contribution in [0.4, 0.5) is 5.69 Å². The Morgan fingerprint density at radius 1 is 1.56 bits per heavy atom. The van der Waals surface area contributed by atoms with Gasteiger partial charge in [-0.3, -0.25) is 4.79 Å². The van der Waals surface area contributed by atoms with E-state index in [0.29, 0.717) is 5.69 Å². The van der Waals surface area contributed by atoms with E-state index >= 15 is 0 Å². The third kappa shape index (κ3) is 2.17. The summed E-state index contributed by atoms with van der Waals surface area (Å²) in [6, 6.07) is 5.20. The Labute approximate surface area is 94.7 Å². The van der Waals surface area contributed by atoms with Crippen LogP contribution < -0.4 is 10.6 Å². The molecule has 1 aliphatic heterocycles. The number of carbonyl (C=O) groups excluding carboxylic acids is 1. The highest BCUT2D eigenvalue weighted by Gasteiger charge is 2.22. The summed E-state index contributed by atoms with van der Waals surface area (Å²) in [5, 5.41) is 15.6. The fraction of sp³-hybridized carbons (Fsp3) is 0.417. The Hall–Kier alpha value is -1.55. The molecule has 3 N–H and O–H groups in total. The van der Waals surface area contributed by atoms with E-state index in [-0.39, 0.29) is 17.7 Å². The van der Waals surface area contributed by atoms with Crippen molar-refractivity contribution >= 4 is 11.6 Å². The number of carbonyl (C=O) groups is 1. The second kappa shape index (κ2) is 4.53. The largest absolute Gasteiger partial charge is 0.505 e. The molecule has 0 spiro atoms. The molecule has 4 nitrogen and oxygen atoms in total. The fourth-order valence-corrected chi connectivity index (χ4v) is 1.89. The molecule has 4 heteroatoms. The van der Waals surface area contributed by atoms with Crippen molar-refractivity contribution in [1.29, 1.82) is 0 Å². The van der Waals surface area contributed by atoms with Crippen molar-refractivity contribution < 1.29 is 9.90 Å². The molecule has 0 aliphatic carbocycles. The monoisotopic (exact) mass is 220 g/mol. The number of amides is 1. The molecule has 0 bridgehead atoms. The van der Waals surface area contributed by atoms with Crippen molar-refractivity contribution in [1.82, 2.24) is 5.32 Å². The lowest BCUT2D eigenvalue weighted by atomic mass is 10.1. The van der Waals surface area contributed by atoms with E-state index in [4.69, 9.17) is 0 Å². The normalized spacial score (nSPS) is 19.7. The highest BCUT2D eigenvalue weighted by molar-refractivity contribution is 5.96. The molecule has 1 heterocycles. The summed E-state index contributed by atoms with van der Waals surface area (Å²) in [6.07, 6.45) is 1.89. The van der Waals surface area contributed by atoms with Gasteiger partial charge in [0.15, 0.2) is 0 Å². The zero-order valence-electron chi connectivity index (χ0n) is 9.29. The fourth-order valence-electron chi connectivity index (χ4n) is 1.89. The molecule has 1 amide bonds. The Balaban J connectivity index is 2.08. The Morgan fingerprint density at radius 3 is 3.06 bits per heavy atom. The van der Waals surface area contributed by atoms with Crippen molar-refractivity contribution in [3.8, 4) is 5.75 Å². The summed E-state index contributed by atoms with van der Waals surface area (Å²) < 4.78 is 0. The first-order chi connectivity index (χ1) is 7.68. The van der Waals surface area contributed by atoms with Gasteiger partial charge in [0.25, 0.3) is 0 Å². The first-order valence-electron chi connectivity index (χ1n) is 5.51. The second-order valence-electron chi connectivity index (χ2n) is 4.11. The van der Waals surface area contributed by atoms with Gasteiger partial charge in [-0.2, -0.15) is 0 Å². The van der Waals surface area contributed by atoms with Gasteiger partial charge in [0.05, 0.1) is 11.7 Å². The van der Waals surface area contributed by atoms with Gasteiger partial charge in [0, 0.05) is 0 Å². The number of nitrogens with one attached hydrogen (secondary N) is 2. The quantitative estimate of drug-likeness (QED) is 0.660. The van der Waals surface area contributed by atoms with Crippen molar-refractivity contribution in [3.05, 3.63) is 23.8 Å². The minimum atomic E-state index is -0.125. The summed E-state index contributed by atoms with van der Waals surface area (Å²) in [4.78, 5) is 11.8. The molecule has 1 saturated heterocycles. The van der Waals surface area contributed by atoms with Crippen LogP contribution in [-0.4, -0.2) is 23.6 Å². The van der Waals surface area contributed by atoms with Gasteiger partial charge in [-0.15, -0.1) is 0 Å². The number of aromatic hydroxyl groups is 1. The molecule has 1 atom stereocenters. The maximum absolute atomic E-state index is 11.8. The Kier molecular flexibility index (Phi) is 3.10. The van der Waals surface area contributed by atoms with Crippen LogP contribution in [0.25, 0.3) is 0 Å². The lowest BCUT2D eigenvalue weighted by Gasteiger charge is -2.12. The van der Waals surface area contributed by atoms with Crippen molar-refractivity contribution in [2.75, 3.05) is 11.9 Å². The molecule has 2 rings (SSSR count). The van der Waals surface area contributed by atoms with Crippen LogP contribution >= 0.6 is 0 Å². The molecular weight excluding hydrogens is 204 g/mol. The predicted molar refractivity (Wildman–Crippen MR) is 62.5 cm³/mol. The van der Waals surface area contributed by atoms with Crippen molar-refractivity contribution in [2.45, 2.75) is 25.8 Å². The number of phenolic OH excluding ortho intramolecular Hbond substituents is 1. The number of para-hydroxylation sites is 1. The van der Waals surface area contributed by atoms with Gasteiger partial charge in [0.1, 0.15) is 5.75 Å². The number of phenols is 1. The maximum Gasteiger partial charge on any atom is 0.241 e. The number of hydrogen-bond acceptors (Lipinski definition) is 3. The zero-order chi connectivity index (χ0) is 11.5. The van der Waals surface area contributed by atoms with Crippen LogP contribution in [0.15, 0.2) is 18.2 Å². The summed E-state index contributed by atoms with van der Waals surface area (Å²) in [5.41, 5.74) is 1.25. The van der Waals surface area contributed by atoms with Gasteiger partial charge >= 0.3 is 0 Å². The molecule has 16 heavy (non-hydrogen) atoms. The lowest BCUT2D eigenvalue weighted by Crippen LogP contribution is -2.35. The SMILES string of the molecule is Cc1cccc(NC(=O)[C@@H]2CCCN2)c1O. The van der Waals surface area contributed by atoms with Crippen molar-refractivity contribution in [2.24, 2.45) is 0 Å². The van der Waals surface area contributed by atoms with Crippen LogP contribution in [0.2, 0.25) is 0 Å². The average Bonchev–Trinajstić information content (AvgIpc) is 2.78. The zero-order valence-corrected chi connectivity index (χ0v) is 9.29. The summed E-state index contributed by atoms with van der Waals surface area (Å²) in [5.74, 6) is 0.0762. The summed E-state index contributed by atoms with van der Waals surface area (Å²) in [7, 11) is 0. The predicted octanol–water partition coefficient (Wildman–Crippen LogP) is 1.39. The minimum Gasteiger partial charge on any atom is -0.505 e. The summed E-state index contributed by atoms with van der Waals surface area (Å²) in [6.45, 7) is 2.69. The highest BCUT2D eigenvalue weighted by Crippen LogP contribution is 2.26. The molecule has 0 saturated carbocycles. The smallest absolute Gasteiger partial charge is 0.241 e. The van der Waals surface area contributed by atoms with Crippen LogP contribution in [-0.2, 0) is 4.79 Å². The number of benzene rings is 1. The maximum atomic E-state index is 11.8. The first-order valence-corrected chi connectivity index (χ1v) is 5.51. The van der Waals surface area contributed by atoms with Crippen molar-refractivity contribution in [3.63, 3.8) is 0 Å². The van der Waals surface area contributed by atoms with Crippen LogP contribution in [0.5, 0.6) is 5.75 Å². The molecule has 1 aromatic rings. The van der Waals surface area contributed by atoms with Gasteiger partial charge in [-0.25, -0.2) is 0 Å². The molecule has 0 unspecified atom stereocenters. The van der Waals surface area contributed by atoms with Crippen LogP contribution in [0.3, 0.4) is 0 Å². The van der Waals surface area contributed by atoms with E-state index in [1.807, 2.05) is 6.07 Å². The van der Waals surface area contributed by atoms with Crippen LogP contribution in [0, 0.1) is 6.92 Å². The summed E-state index contributed by atoms with van der Waals surface area (Å²) >= 11 is 0. The third-order valence-electron chi connectivity index (χ3n) is 2.87. The minimum absolute atomic E-state index is 0.0709. The average molecular weight is 220 g/mol. The molecule has 1 fully saturated rings. The molecule has 0 aromatic heterocycles. The Morgan fingerprint density at radius 2 is 2.38 bits per heavy atom. The molecule has 1 aliphatic rings. The van der Waals surface area contributed by atoms with E-state index in [9.17, 15) is 9.90 Å². The molecule has 0 radical (unpaired) electrons. The lowest BCUT2D eigenvalue weighted by molar-refractivity contribution is -0.117. The van der Waals surface area contributed by atoms with E-state index in [1.54, 1.807) is 19.1 Å². The number of aryl methyl sites for hydroxylation is 1. The Bertz CT molecular complexity index is 398. The number of rotatable bonds is 2. The van der Waals surface area contributed by atoms with E-state index in [2.05, 4.69) is 10.6 Å². The van der Waals surface area contributed by atoms with E-state index in [1.165, 1.54) is 0 Å². The molecule has 86 valence electrons. The van der Waals surface area contributed by atoms with Gasteiger partial charge in [-0.05, 0) is 37.9 Å². The molecular formula is C12H16N2O2. The second-order valence-corrected chi connectivity index (χ2v) is 4.11. The molecule has 1 aromatic carbocycles. The van der Waals surface area contributed by atoms with E-state index < -0.39 is 0 Å². The van der Waals surface area contributed by atoms with Gasteiger partial charge in [0.2, 0.25) is 5.91 Å². The van der Waals surface area contributed by atoms with Gasteiger partial charge in [-0.1, -0.05) is 12.1 Å². The highest BCUT2D eigenvalue weighted by atomic mass is 16.3. The third-order valence-corrected chi connectivity index (χ3v) is 2.87. The van der Waals surface area contributed by atoms with Gasteiger partial charge < -0.3 is 15.7 Å². The standard InChI is InChI=1S/C12H16N2O2/c1-8-4-2-5-9(11(8)15)14-12(16)10-6-3-7-13-10/h2,4-5,10,13,15H,3,6-7H2,1H3,(H,14,16)/t10-/m0/s1. The number of anilines is 1. The topological polar surface area (TPSA) is 61.4 Å². The van der Waals surface area contributed by atoms with E-state index in [0.717, 1.165) is 24.9 Å². The first kappa shape index (κ1) is 11.0. The number of hydrogen-bond donors (Lipinski definition) is 3.